The third-order valence-corrected chi connectivity index (χ3v) is 3.82. The fourth-order valence-electron chi connectivity index (χ4n) is 2.62. The number of carbonyl (C=O) groups excluding carboxylic acids is 1. The molecule has 18 heavy (non-hydrogen) atoms. The van der Waals surface area contributed by atoms with Crippen LogP contribution in [0.4, 0.5) is 0 Å². The Morgan fingerprint density at radius 3 is 2.44 bits per heavy atom. The van der Waals surface area contributed by atoms with Crippen molar-refractivity contribution < 1.29 is 4.79 Å². The predicted octanol–water partition coefficient (Wildman–Crippen LogP) is 3.62. The summed E-state index contributed by atoms with van der Waals surface area (Å²) in [7, 11) is 0. The van der Waals surface area contributed by atoms with Crippen molar-refractivity contribution in [3.05, 3.63) is 35.4 Å². The topological polar surface area (TPSA) is 20.3 Å². The minimum atomic E-state index is 0.127. The molecule has 0 unspecified atom stereocenters. The van der Waals surface area contributed by atoms with E-state index in [0.29, 0.717) is 18.5 Å². The molecule has 98 valence electrons. The van der Waals surface area contributed by atoms with E-state index in [2.05, 4.69) is 0 Å². The van der Waals surface area contributed by atoms with Gasteiger partial charge in [-0.05, 0) is 31.9 Å². The van der Waals surface area contributed by atoms with Crippen LogP contribution in [0.15, 0.2) is 24.3 Å². The minimum absolute atomic E-state index is 0.127. The molecule has 0 radical (unpaired) electrons. The standard InChI is InChI=1S/C15H20ClNO/c1-12-6-8-13(9-7-12)15(18)17(11-10-16)14-4-2-3-5-14/h6-9,14H,2-5,10-11H2,1H3. The Labute approximate surface area is 114 Å². The Kier molecular flexibility index (Phi) is 4.65. The van der Waals surface area contributed by atoms with Gasteiger partial charge >= 0.3 is 0 Å². The lowest BCUT2D eigenvalue weighted by atomic mass is 10.1. The van der Waals surface area contributed by atoms with Crippen LogP contribution in [0, 0.1) is 6.92 Å². The average molecular weight is 266 g/mol. The molecule has 1 saturated carbocycles. The number of carbonyl (C=O) groups is 1. The molecule has 0 aliphatic heterocycles. The molecule has 1 aliphatic carbocycles. The van der Waals surface area contributed by atoms with Gasteiger partial charge in [0.25, 0.3) is 5.91 Å². The molecule has 3 heteroatoms. The number of alkyl halides is 1. The molecule has 0 bridgehead atoms. The Morgan fingerprint density at radius 1 is 1.28 bits per heavy atom. The molecule has 1 aromatic carbocycles. The molecular weight excluding hydrogens is 246 g/mol. The highest BCUT2D eigenvalue weighted by atomic mass is 35.5. The number of hydrogen-bond acceptors (Lipinski definition) is 1. The third kappa shape index (κ3) is 3.05. The summed E-state index contributed by atoms with van der Waals surface area (Å²) in [4.78, 5) is 14.5. The van der Waals surface area contributed by atoms with Gasteiger partial charge in [0.05, 0.1) is 0 Å². The molecule has 2 rings (SSSR count). The molecular formula is C15H20ClNO. The number of benzene rings is 1. The lowest BCUT2D eigenvalue weighted by Gasteiger charge is -2.28. The van der Waals surface area contributed by atoms with Crippen LogP contribution in [0.2, 0.25) is 0 Å². The molecule has 1 aromatic rings. The molecule has 1 fully saturated rings. The largest absolute Gasteiger partial charge is 0.334 e. The van der Waals surface area contributed by atoms with Crippen molar-refractivity contribution in [1.29, 1.82) is 0 Å². The van der Waals surface area contributed by atoms with Gasteiger partial charge in [-0.3, -0.25) is 4.79 Å². The monoisotopic (exact) mass is 265 g/mol. The second-order valence-electron chi connectivity index (χ2n) is 4.99. The van der Waals surface area contributed by atoms with E-state index < -0.39 is 0 Å². The van der Waals surface area contributed by atoms with Gasteiger partial charge < -0.3 is 4.90 Å². The van der Waals surface area contributed by atoms with Crippen LogP contribution in [0.25, 0.3) is 0 Å². The van der Waals surface area contributed by atoms with Gasteiger partial charge in [-0.25, -0.2) is 0 Å². The van der Waals surface area contributed by atoms with Crippen molar-refractivity contribution in [1.82, 2.24) is 4.90 Å². The summed E-state index contributed by atoms with van der Waals surface area (Å²) in [6.45, 7) is 2.68. The van der Waals surface area contributed by atoms with Crippen LogP contribution in [0.1, 0.15) is 41.6 Å². The van der Waals surface area contributed by atoms with E-state index in [-0.39, 0.29) is 5.91 Å². The zero-order valence-corrected chi connectivity index (χ0v) is 11.6. The number of nitrogens with zero attached hydrogens (tertiary/aromatic N) is 1. The predicted molar refractivity (Wildman–Crippen MR) is 75.2 cm³/mol. The summed E-state index contributed by atoms with van der Waals surface area (Å²) in [5, 5.41) is 0. The summed E-state index contributed by atoms with van der Waals surface area (Å²) in [5.41, 5.74) is 1.95. The molecule has 0 atom stereocenters. The van der Waals surface area contributed by atoms with Crippen LogP contribution in [0.5, 0.6) is 0 Å². The van der Waals surface area contributed by atoms with Gasteiger partial charge in [-0.2, -0.15) is 0 Å². The van der Waals surface area contributed by atoms with Crippen molar-refractivity contribution in [2.75, 3.05) is 12.4 Å². The van der Waals surface area contributed by atoms with Crippen LogP contribution in [0.3, 0.4) is 0 Å². The Balaban J connectivity index is 2.14. The maximum atomic E-state index is 12.5. The van der Waals surface area contributed by atoms with Crippen molar-refractivity contribution in [3.63, 3.8) is 0 Å². The van der Waals surface area contributed by atoms with Gasteiger partial charge in [-0.1, -0.05) is 30.5 Å². The van der Waals surface area contributed by atoms with Crippen LogP contribution in [-0.2, 0) is 0 Å². The van der Waals surface area contributed by atoms with E-state index in [9.17, 15) is 4.79 Å². The van der Waals surface area contributed by atoms with Gasteiger partial charge in [0.15, 0.2) is 0 Å². The highest BCUT2D eigenvalue weighted by Crippen LogP contribution is 2.25. The number of hydrogen-bond donors (Lipinski definition) is 0. The second-order valence-corrected chi connectivity index (χ2v) is 5.37. The molecule has 0 heterocycles. The van der Waals surface area contributed by atoms with Crippen LogP contribution in [-0.4, -0.2) is 29.3 Å². The minimum Gasteiger partial charge on any atom is -0.334 e. The maximum Gasteiger partial charge on any atom is 0.254 e. The van der Waals surface area contributed by atoms with Crippen molar-refractivity contribution in [2.45, 2.75) is 38.6 Å². The molecule has 0 aromatic heterocycles. The van der Waals surface area contributed by atoms with Crippen molar-refractivity contribution in [3.8, 4) is 0 Å². The van der Waals surface area contributed by atoms with E-state index in [1.54, 1.807) is 0 Å². The Morgan fingerprint density at radius 2 is 1.89 bits per heavy atom. The first-order valence-corrected chi connectivity index (χ1v) is 7.19. The molecule has 2 nitrogen and oxygen atoms in total. The fraction of sp³-hybridized carbons (Fsp3) is 0.533. The Bertz CT molecular complexity index is 395. The average Bonchev–Trinajstić information content (AvgIpc) is 2.90. The third-order valence-electron chi connectivity index (χ3n) is 3.65. The summed E-state index contributed by atoms with van der Waals surface area (Å²) in [6, 6.07) is 8.18. The van der Waals surface area contributed by atoms with Gasteiger partial charge in [0.1, 0.15) is 0 Å². The fourth-order valence-corrected chi connectivity index (χ4v) is 2.80. The van der Waals surface area contributed by atoms with Gasteiger partial charge in [0, 0.05) is 24.0 Å². The lowest BCUT2D eigenvalue weighted by Crippen LogP contribution is -2.40. The quantitative estimate of drug-likeness (QED) is 0.762. The molecule has 1 amide bonds. The summed E-state index contributed by atoms with van der Waals surface area (Å²) in [5.74, 6) is 0.635. The normalized spacial score (nSPS) is 15.9. The van der Waals surface area contributed by atoms with Gasteiger partial charge in [-0.15, -0.1) is 11.6 Å². The first-order chi connectivity index (χ1) is 8.72. The zero-order chi connectivity index (χ0) is 13.0. The van der Waals surface area contributed by atoms with E-state index in [4.69, 9.17) is 11.6 Å². The second kappa shape index (κ2) is 6.24. The SMILES string of the molecule is Cc1ccc(C(=O)N(CCCl)C2CCCC2)cc1. The molecule has 0 saturated heterocycles. The van der Waals surface area contributed by atoms with E-state index in [1.165, 1.54) is 18.4 Å². The van der Waals surface area contributed by atoms with E-state index in [0.717, 1.165) is 18.4 Å². The number of amides is 1. The van der Waals surface area contributed by atoms with Gasteiger partial charge in [0.2, 0.25) is 0 Å². The first-order valence-electron chi connectivity index (χ1n) is 6.66. The van der Waals surface area contributed by atoms with Crippen LogP contribution < -0.4 is 0 Å². The van der Waals surface area contributed by atoms with E-state index in [1.807, 2.05) is 36.1 Å². The molecule has 0 N–H and O–H groups in total. The lowest BCUT2D eigenvalue weighted by molar-refractivity contribution is 0.0695. The number of halogens is 1. The first kappa shape index (κ1) is 13.4. The van der Waals surface area contributed by atoms with Crippen molar-refractivity contribution >= 4 is 17.5 Å². The molecule has 1 aliphatic rings. The number of aryl methyl sites for hydroxylation is 1. The highest BCUT2D eigenvalue weighted by Gasteiger charge is 2.26. The summed E-state index contributed by atoms with van der Waals surface area (Å²) < 4.78 is 0. The van der Waals surface area contributed by atoms with E-state index >= 15 is 0 Å². The highest BCUT2D eigenvalue weighted by molar-refractivity contribution is 6.18. The zero-order valence-electron chi connectivity index (χ0n) is 10.9. The van der Waals surface area contributed by atoms with Crippen LogP contribution >= 0.6 is 11.6 Å². The smallest absolute Gasteiger partial charge is 0.254 e. The summed E-state index contributed by atoms with van der Waals surface area (Å²) in [6.07, 6.45) is 4.69. The van der Waals surface area contributed by atoms with Crippen molar-refractivity contribution in [2.24, 2.45) is 0 Å². The molecule has 0 spiro atoms. The Hall–Kier alpha value is -1.02. The maximum absolute atomic E-state index is 12.5. The number of rotatable bonds is 4. The summed E-state index contributed by atoms with van der Waals surface area (Å²) >= 11 is 5.84.